The van der Waals surface area contributed by atoms with Crippen LogP contribution in [-0.4, -0.2) is 28.0 Å². The highest BCUT2D eigenvalue weighted by atomic mass is 16.3. The Balaban J connectivity index is 2.33. The zero-order valence-electron chi connectivity index (χ0n) is 12.1. The molecule has 0 amide bonds. The number of nitrogen functional groups attached to an aromatic ring is 1. The minimum Gasteiger partial charge on any atom is -0.395 e. The van der Waals surface area contributed by atoms with Crippen LogP contribution in [0.4, 0.5) is 11.5 Å². The highest BCUT2D eigenvalue weighted by molar-refractivity contribution is 5.66. The minimum absolute atomic E-state index is 0.0835. The van der Waals surface area contributed by atoms with Crippen molar-refractivity contribution in [3.05, 3.63) is 41.6 Å². The molecule has 1 aromatic carbocycles. The predicted octanol–water partition coefficient (Wildman–Crippen LogP) is 1.79. The van der Waals surface area contributed by atoms with Gasteiger partial charge in [0.1, 0.15) is 0 Å². The van der Waals surface area contributed by atoms with Gasteiger partial charge in [-0.25, -0.2) is 4.68 Å². The van der Waals surface area contributed by atoms with E-state index >= 15 is 0 Å². The number of aryl methyl sites for hydroxylation is 2. The zero-order valence-corrected chi connectivity index (χ0v) is 12.1. The van der Waals surface area contributed by atoms with E-state index in [4.69, 9.17) is 5.73 Å². The number of aliphatic hydroxyl groups excluding tert-OH is 1. The second-order valence-electron chi connectivity index (χ2n) is 4.77. The van der Waals surface area contributed by atoms with E-state index in [2.05, 4.69) is 22.1 Å². The summed E-state index contributed by atoms with van der Waals surface area (Å²) < 4.78 is 1.89. The van der Waals surface area contributed by atoms with Gasteiger partial charge in [0.15, 0.2) is 5.82 Å². The van der Waals surface area contributed by atoms with Gasteiger partial charge in [-0.3, -0.25) is 0 Å². The Morgan fingerprint density at radius 2 is 2.00 bits per heavy atom. The molecule has 0 radical (unpaired) electrons. The molecule has 1 heterocycles. The van der Waals surface area contributed by atoms with E-state index in [0.717, 1.165) is 18.1 Å². The molecule has 0 saturated heterocycles. The summed E-state index contributed by atoms with van der Waals surface area (Å²) in [4.78, 5) is 2.08. The number of benzene rings is 1. The van der Waals surface area contributed by atoms with Crippen molar-refractivity contribution < 1.29 is 5.11 Å². The van der Waals surface area contributed by atoms with Gasteiger partial charge in [-0.15, -0.1) is 0 Å². The molecule has 0 atom stereocenters. The van der Waals surface area contributed by atoms with E-state index < -0.39 is 0 Å². The fourth-order valence-electron chi connectivity index (χ4n) is 2.32. The van der Waals surface area contributed by atoms with E-state index in [1.54, 1.807) is 0 Å². The molecule has 1 aromatic heterocycles. The molecule has 5 heteroatoms. The first-order chi connectivity index (χ1) is 9.67. The smallest absolute Gasteiger partial charge is 0.151 e. The van der Waals surface area contributed by atoms with Crippen LogP contribution in [0.2, 0.25) is 0 Å². The SMILES string of the molecule is CCn1nc(C)c(N)c1N(CCO)Cc1ccccc1. The Bertz CT molecular complexity index is 551. The third-order valence-corrected chi connectivity index (χ3v) is 3.33. The standard InChI is InChI=1S/C15H22N4O/c1-3-19-15(14(16)12(2)17-19)18(9-10-20)11-13-7-5-4-6-8-13/h4-8,20H,3,9-11,16H2,1-2H3. The van der Waals surface area contributed by atoms with Crippen LogP contribution in [-0.2, 0) is 13.1 Å². The van der Waals surface area contributed by atoms with Gasteiger partial charge in [0, 0.05) is 19.6 Å². The first kappa shape index (κ1) is 14.4. The van der Waals surface area contributed by atoms with Gasteiger partial charge in [-0.05, 0) is 19.4 Å². The average molecular weight is 274 g/mol. The van der Waals surface area contributed by atoms with Crippen LogP contribution in [0, 0.1) is 6.92 Å². The van der Waals surface area contributed by atoms with Crippen LogP contribution in [0.3, 0.4) is 0 Å². The van der Waals surface area contributed by atoms with Crippen LogP contribution >= 0.6 is 0 Å². The van der Waals surface area contributed by atoms with Gasteiger partial charge >= 0.3 is 0 Å². The first-order valence-electron chi connectivity index (χ1n) is 6.90. The predicted molar refractivity (Wildman–Crippen MR) is 81.6 cm³/mol. The molecule has 0 aliphatic rings. The molecule has 2 aromatic rings. The summed E-state index contributed by atoms with van der Waals surface area (Å²) in [5.41, 5.74) is 8.86. The summed E-state index contributed by atoms with van der Waals surface area (Å²) in [7, 11) is 0. The van der Waals surface area contributed by atoms with Crippen LogP contribution in [0.15, 0.2) is 30.3 Å². The number of rotatable bonds is 6. The fourth-order valence-corrected chi connectivity index (χ4v) is 2.32. The maximum Gasteiger partial charge on any atom is 0.151 e. The molecule has 2 rings (SSSR count). The van der Waals surface area contributed by atoms with Crippen molar-refractivity contribution in [3.63, 3.8) is 0 Å². The summed E-state index contributed by atoms with van der Waals surface area (Å²) in [6.07, 6.45) is 0. The van der Waals surface area contributed by atoms with E-state index in [0.29, 0.717) is 18.8 Å². The maximum atomic E-state index is 9.33. The van der Waals surface area contributed by atoms with E-state index in [9.17, 15) is 5.11 Å². The molecule has 0 aliphatic heterocycles. The van der Waals surface area contributed by atoms with E-state index in [-0.39, 0.29) is 6.61 Å². The van der Waals surface area contributed by atoms with Crippen LogP contribution in [0.25, 0.3) is 0 Å². The second kappa shape index (κ2) is 6.43. The quantitative estimate of drug-likeness (QED) is 0.843. The molecule has 108 valence electrons. The van der Waals surface area contributed by atoms with Crippen molar-refractivity contribution in [2.45, 2.75) is 26.9 Å². The lowest BCUT2D eigenvalue weighted by Crippen LogP contribution is -2.29. The number of anilines is 2. The molecular formula is C15H22N4O. The lowest BCUT2D eigenvalue weighted by atomic mass is 10.2. The molecule has 20 heavy (non-hydrogen) atoms. The monoisotopic (exact) mass is 274 g/mol. The third kappa shape index (κ3) is 2.93. The summed E-state index contributed by atoms with van der Waals surface area (Å²) >= 11 is 0. The number of aliphatic hydroxyl groups is 1. The number of aromatic nitrogens is 2. The van der Waals surface area contributed by atoms with Gasteiger partial charge in [-0.2, -0.15) is 5.10 Å². The summed E-state index contributed by atoms with van der Waals surface area (Å²) in [6, 6.07) is 10.2. The Labute approximate surface area is 119 Å². The van der Waals surface area contributed by atoms with E-state index in [1.165, 1.54) is 5.56 Å². The fraction of sp³-hybridized carbons (Fsp3) is 0.400. The van der Waals surface area contributed by atoms with Gasteiger partial charge in [0.2, 0.25) is 0 Å². The molecule has 0 bridgehead atoms. The lowest BCUT2D eigenvalue weighted by molar-refractivity contribution is 0.300. The molecule has 0 unspecified atom stereocenters. The Kier molecular flexibility index (Phi) is 4.63. The second-order valence-corrected chi connectivity index (χ2v) is 4.77. The van der Waals surface area contributed by atoms with Gasteiger partial charge in [-0.1, -0.05) is 30.3 Å². The molecule has 0 spiro atoms. The Morgan fingerprint density at radius 1 is 1.30 bits per heavy atom. The third-order valence-electron chi connectivity index (χ3n) is 3.33. The van der Waals surface area contributed by atoms with Crippen molar-refractivity contribution in [1.29, 1.82) is 0 Å². The van der Waals surface area contributed by atoms with Crippen molar-refractivity contribution in [2.75, 3.05) is 23.8 Å². The normalized spacial score (nSPS) is 10.8. The number of nitrogens with zero attached hydrogens (tertiary/aromatic N) is 3. The topological polar surface area (TPSA) is 67.3 Å². The summed E-state index contributed by atoms with van der Waals surface area (Å²) in [5, 5.41) is 13.8. The van der Waals surface area contributed by atoms with Gasteiger partial charge in [0.05, 0.1) is 18.0 Å². The highest BCUT2D eigenvalue weighted by Gasteiger charge is 2.18. The van der Waals surface area contributed by atoms with Gasteiger partial charge < -0.3 is 15.7 Å². The molecular weight excluding hydrogens is 252 g/mol. The van der Waals surface area contributed by atoms with Crippen molar-refractivity contribution >= 4 is 11.5 Å². The van der Waals surface area contributed by atoms with Crippen LogP contribution in [0.5, 0.6) is 0 Å². The van der Waals surface area contributed by atoms with Crippen molar-refractivity contribution in [1.82, 2.24) is 9.78 Å². The first-order valence-corrected chi connectivity index (χ1v) is 6.90. The number of nitrogens with two attached hydrogens (primary N) is 1. The Hall–Kier alpha value is -2.01. The largest absolute Gasteiger partial charge is 0.395 e. The maximum absolute atomic E-state index is 9.33. The van der Waals surface area contributed by atoms with Crippen molar-refractivity contribution in [3.8, 4) is 0 Å². The van der Waals surface area contributed by atoms with Crippen LogP contribution < -0.4 is 10.6 Å². The average Bonchev–Trinajstić information content (AvgIpc) is 2.75. The minimum atomic E-state index is 0.0835. The zero-order chi connectivity index (χ0) is 14.5. The molecule has 0 aliphatic carbocycles. The van der Waals surface area contributed by atoms with Gasteiger partial charge in [0.25, 0.3) is 0 Å². The Morgan fingerprint density at radius 3 is 2.60 bits per heavy atom. The van der Waals surface area contributed by atoms with Crippen LogP contribution in [0.1, 0.15) is 18.2 Å². The summed E-state index contributed by atoms with van der Waals surface area (Å²) in [6.45, 7) is 6.02. The molecule has 0 saturated carbocycles. The highest BCUT2D eigenvalue weighted by Crippen LogP contribution is 2.27. The van der Waals surface area contributed by atoms with E-state index in [1.807, 2.05) is 36.7 Å². The number of hydrogen-bond donors (Lipinski definition) is 2. The lowest BCUT2D eigenvalue weighted by Gasteiger charge is -2.25. The van der Waals surface area contributed by atoms with Crippen molar-refractivity contribution in [2.24, 2.45) is 0 Å². The summed E-state index contributed by atoms with van der Waals surface area (Å²) in [5.74, 6) is 0.892. The number of hydrogen-bond acceptors (Lipinski definition) is 4. The molecule has 0 fully saturated rings. The molecule has 5 nitrogen and oxygen atoms in total. The molecule has 3 N–H and O–H groups in total.